The van der Waals surface area contributed by atoms with Gasteiger partial charge in [-0.05, 0) is 25.3 Å². The molecule has 1 atom stereocenters. The van der Waals surface area contributed by atoms with Crippen molar-refractivity contribution in [2.45, 2.75) is 43.7 Å². The molecule has 1 unspecified atom stereocenters. The molecule has 0 spiro atoms. The van der Waals surface area contributed by atoms with Gasteiger partial charge in [-0.15, -0.1) is 11.3 Å². The maximum atomic E-state index is 12.7. The molecule has 1 aliphatic carbocycles. The molecule has 1 amide bonds. The number of hydrogen-bond donors (Lipinski definition) is 1. The average Bonchev–Trinajstić information content (AvgIpc) is 3.10. The van der Waals surface area contributed by atoms with Gasteiger partial charge in [0.2, 0.25) is 6.35 Å². The summed E-state index contributed by atoms with van der Waals surface area (Å²) in [4.78, 5) is 25.2. The zero-order valence-corrected chi connectivity index (χ0v) is 14.1. The Morgan fingerprint density at radius 2 is 2.08 bits per heavy atom. The number of halogens is 4. The third-order valence-electron chi connectivity index (χ3n) is 4.21. The van der Waals surface area contributed by atoms with Crippen molar-refractivity contribution in [1.29, 1.82) is 0 Å². The van der Waals surface area contributed by atoms with Gasteiger partial charge in [0.1, 0.15) is 10.00 Å². The van der Waals surface area contributed by atoms with Crippen molar-refractivity contribution < 1.29 is 27.9 Å². The van der Waals surface area contributed by atoms with Crippen molar-refractivity contribution in [1.82, 2.24) is 4.90 Å². The Kier molecular flexibility index (Phi) is 4.09. The Balaban J connectivity index is 2.05. The number of carbonyl (C=O) groups excluding carboxylic acids is 2. The Bertz CT molecular complexity index is 702. The first-order chi connectivity index (χ1) is 11.1. The van der Waals surface area contributed by atoms with E-state index in [1.165, 1.54) is 0 Å². The van der Waals surface area contributed by atoms with Gasteiger partial charge in [0.05, 0.1) is 16.9 Å². The topological polar surface area (TPSA) is 60.9 Å². The number of aliphatic hydroxyl groups is 1. The Morgan fingerprint density at radius 3 is 2.58 bits per heavy atom. The summed E-state index contributed by atoms with van der Waals surface area (Å²) < 4.78 is 37.9. The van der Waals surface area contributed by atoms with Crippen molar-refractivity contribution in [3.63, 3.8) is 0 Å². The molecule has 1 saturated carbocycles. The number of rotatable bonds is 4. The summed E-state index contributed by atoms with van der Waals surface area (Å²) in [5.74, 6) is -0.560. The Morgan fingerprint density at radius 1 is 1.46 bits per heavy atom. The molecule has 1 fully saturated rings. The molecule has 10 heteroatoms. The highest BCUT2D eigenvalue weighted by molar-refractivity contribution is 7.18. The van der Waals surface area contributed by atoms with Crippen LogP contribution >= 0.6 is 22.9 Å². The number of nitrogens with zero attached hydrogens (tertiary/aromatic N) is 2. The third kappa shape index (κ3) is 2.78. The number of anilines is 1. The Labute approximate surface area is 144 Å². The summed E-state index contributed by atoms with van der Waals surface area (Å²) in [6.07, 6.45) is -5.71. The largest absolute Gasteiger partial charge is 0.390 e. The molecule has 0 bridgehead atoms. The number of aliphatic hydroxyl groups excluding tert-OH is 1. The van der Waals surface area contributed by atoms with Crippen molar-refractivity contribution >= 4 is 40.1 Å². The molecule has 3 rings (SSSR count). The number of hydrogen-bond acceptors (Lipinski definition) is 5. The zero-order chi connectivity index (χ0) is 17.9. The van der Waals surface area contributed by atoms with Crippen LogP contribution in [0.2, 0.25) is 0 Å². The monoisotopic (exact) mass is 382 g/mol. The van der Waals surface area contributed by atoms with Gasteiger partial charge in [0.25, 0.3) is 5.91 Å². The van der Waals surface area contributed by atoms with Gasteiger partial charge in [-0.3, -0.25) is 14.5 Å². The number of carbonyl (C=O) groups is 2. The van der Waals surface area contributed by atoms with Crippen molar-refractivity contribution in [2.24, 2.45) is 0 Å². The first-order valence-corrected chi connectivity index (χ1v) is 8.41. The fraction of sp³-hybridized carbons (Fsp3) is 0.571. The number of thiophene rings is 1. The van der Waals surface area contributed by atoms with Gasteiger partial charge >= 0.3 is 6.18 Å². The Hall–Kier alpha value is -1.32. The standard InChI is InChI=1S/C14H14ClF3N2O3S/c1-7-8(6-21)24-11-9(7)10(22)20(13(15)2-3-13)12(23)19(11)5-4-14(16,17)18/h6,12,23H,2-5H2,1H3. The van der Waals surface area contributed by atoms with Crippen LogP contribution in [0.4, 0.5) is 18.2 Å². The van der Waals surface area contributed by atoms with E-state index in [4.69, 9.17) is 11.6 Å². The second kappa shape index (κ2) is 5.60. The minimum Gasteiger partial charge on any atom is -0.356 e. The van der Waals surface area contributed by atoms with Crippen LogP contribution in [0.1, 0.15) is 44.9 Å². The summed E-state index contributed by atoms with van der Waals surface area (Å²) in [7, 11) is 0. The summed E-state index contributed by atoms with van der Waals surface area (Å²) in [5, 5.41) is 10.7. The maximum absolute atomic E-state index is 12.7. The number of aldehydes is 1. The van der Waals surface area contributed by atoms with Crippen LogP contribution in [0.25, 0.3) is 0 Å². The second-order valence-corrected chi connectivity index (χ2v) is 7.62. The number of fused-ring (bicyclic) bond motifs is 1. The van der Waals surface area contributed by atoms with Gasteiger partial charge in [-0.1, -0.05) is 11.6 Å². The van der Waals surface area contributed by atoms with Crippen molar-refractivity contribution in [3.8, 4) is 0 Å². The van der Waals surface area contributed by atoms with E-state index in [0.717, 1.165) is 21.1 Å². The highest BCUT2D eigenvalue weighted by Gasteiger charge is 2.56. The molecule has 0 radical (unpaired) electrons. The quantitative estimate of drug-likeness (QED) is 0.494. The highest BCUT2D eigenvalue weighted by Crippen LogP contribution is 2.51. The van der Waals surface area contributed by atoms with E-state index in [1.807, 2.05) is 0 Å². The lowest BCUT2D eigenvalue weighted by Gasteiger charge is -2.43. The normalized spacial score (nSPS) is 22.6. The minimum absolute atomic E-state index is 0.140. The van der Waals surface area contributed by atoms with Gasteiger partial charge in [0, 0.05) is 6.54 Å². The molecule has 1 aliphatic heterocycles. The van der Waals surface area contributed by atoms with Crippen LogP contribution in [0.15, 0.2) is 0 Å². The molecular formula is C14H14ClF3N2O3S. The summed E-state index contributed by atoms with van der Waals surface area (Å²) in [6.45, 7) is 1.02. The SMILES string of the molecule is Cc1c(C=O)sc2c1C(=O)N(C1(Cl)CC1)C(O)N2CCC(F)(F)F. The summed E-state index contributed by atoms with van der Waals surface area (Å²) >= 11 is 7.16. The third-order valence-corrected chi connectivity index (χ3v) is 6.02. The molecule has 1 aromatic heterocycles. The minimum atomic E-state index is -4.41. The molecule has 2 heterocycles. The van der Waals surface area contributed by atoms with Gasteiger partial charge in [-0.2, -0.15) is 13.2 Å². The van der Waals surface area contributed by atoms with Crippen LogP contribution < -0.4 is 4.90 Å². The lowest BCUT2D eigenvalue weighted by Crippen LogP contribution is -2.58. The van der Waals surface area contributed by atoms with Crippen molar-refractivity contribution in [2.75, 3.05) is 11.4 Å². The molecule has 1 N–H and O–H groups in total. The average molecular weight is 383 g/mol. The van der Waals surface area contributed by atoms with Gasteiger partial charge in [0.15, 0.2) is 6.29 Å². The first-order valence-electron chi connectivity index (χ1n) is 7.21. The number of alkyl halides is 4. The second-order valence-electron chi connectivity index (χ2n) is 5.89. The van der Waals surface area contributed by atoms with Crippen molar-refractivity contribution in [3.05, 3.63) is 16.0 Å². The van der Waals surface area contributed by atoms with E-state index >= 15 is 0 Å². The molecule has 24 heavy (non-hydrogen) atoms. The predicted molar refractivity (Wildman–Crippen MR) is 82.5 cm³/mol. The fourth-order valence-corrected chi connectivity index (χ4v) is 4.16. The smallest absolute Gasteiger partial charge is 0.356 e. The summed E-state index contributed by atoms with van der Waals surface area (Å²) in [5.41, 5.74) is 0.534. The van der Waals surface area contributed by atoms with Crippen LogP contribution in [-0.2, 0) is 0 Å². The van der Waals surface area contributed by atoms with E-state index in [9.17, 15) is 27.9 Å². The number of amides is 1. The molecule has 1 aromatic rings. The van der Waals surface area contributed by atoms with Gasteiger partial charge in [-0.25, -0.2) is 0 Å². The molecule has 0 saturated heterocycles. The van der Waals surface area contributed by atoms with E-state index in [-0.39, 0.29) is 15.4 Å². The van der Waals surface area contributed by atoms with Crippen LogP contribution in [0.5, 0.6) is 0 Å². The predicted octanol–water partition coefficient (Wildman–Crippen LogP) is 3.09. The van der Waals surface area contributed by atoms with Crippen LogP contribution in [0.3, 0.4) is 0 Å². The fourth-order valence-electron chi connectivity index (χ4n) is 2.75. The molecular weight excluding hydrogens is 369 g/mol. The van der Waals surface area contributed by atoms with Crippen LogP contribution in [-0.4, -0.2) is 46.3 Å². The molecule has 132 valence electrons. The van der Waals surface area contributed by atoms with E-state index < -0.39 is 36.4 Å². The zero-order valence-electron chi connectivity index (χ0n) is 12.6. The molecule has 0 aromatic carbocycles. The van der Waals surface area contributed by atoms with Gasteiger partial charge < -0.3 is 10.0 Å². The molecule has 5 nitrogen and oxygen atoms in total. The lowest BCUT2D eigenvalue weighted by molar-refractivity contribution is -0.134. The van der Waals surface area contributed by atoms with E-state index in [0.29, 0.717) is 24.7 Å². The lowest BCUT2D eigenvalue weighted by atomic mass is 10.1. The van der Waals surface area contributed by atoms with Crippen LogP contribution in [0, 0.1) is 6.92 Å². The van der Waals surface area contributed by atoms with E-state index in [2.05, 4.69) is 0 Å². The molecule has 2 aliphatic rings. The van der Waals surface area contributed by atoms with E-state index in [1.54, 1.807) is 6.92 Å². The first kappa shape index (κ1) is 17.5. The maximum Gasteiger partial charge on any atom is 0.390 e. The summed E-state index contributed by atoms with van der Waals surface area (Å²) in [6, 6.07) is 0. The highest BCUT2D eigenvalue weighted by atomic mass is 35.5.